The average Bonchev–Trinajstić information content (AvgIpc) is 2.68. The number of halogens is 1. The van der Waals surface area contributed by atoms with Crippen LogP contribution in [0.4, 0.5) is 0 Å². The molecule has 1 aromatic heterocycles. The summed E-state index contributed by atoms with van der Waals surface area (Å²) < 4.78 is 3.33. The molecule has 1 N–H and O–H groups in total. The minimum atomic E-state index is 0.588. The van der Waals surface area contributed by atoms with Crippen LogP contribution in [0.3, 0.4) is 0 Å². The first kappa shape index (κ1) is 11.0. The molecular formula is C13H14BrN3. The number of aryl methyl sites for hydroxylation is 1. The summed E-state index contributed by atoms with van der Waals surface area (Å²) in [6.07, 6.45) is 3.87. The van der Waals surface area contributed by atoms with Gasteiger partial charge in [0.05, 0.1) is 12.0 Å². The van der Waals surface area contributed by atoms with E-state index < -0.39 is 0 Å². The van der Waals surface area contributed by atoms with E-state index in [0.717, 1.165) is 17.6 Å². The largest absolute Gasteiger partial charge is 0.315 e. The Bertz CT molecular complexity index is 543. The topological polar surface area (TPSA) is 29.9 Å². The van der Waals surface area contributed by atoms with E-state index in [2.05, 4.69) is 55.9 Å². The number of rotatable bonds is 2. The lowest BCUT2D eigenvalue weighted by Gasteiger charge is -2.28. The van der Waals surface area contributed by atoms with Crippen molar-refractivity contribution in [2.24, 2.45) is 0 Å². The second-order valence-electron chi connectivity index (χ2n) is 4.45. The molecule has 1 aromatic carbocycles. The third-order valence-corrected chi connectivity index (χ3v) is 4.33. The first-order valence-electron chi connectivity index (χ1n) is 5.76. The third kappa shape index (κ3) is 1.81. The molecule has 0 saturated carbocycles. The molecule has 2 heterocycles. The molecule has 0 bridgehead atoms. The average molecular weight is 292 g/mol. The Labute approximate surface area is 109 Å². The van der Waals surface area contributed by atoms with Crippen molar-refractivity contribution in [3.8, 4) is 5.69 Å². The summed E-state index contributed by atoms with van der Waals surface area (Å²) in [7, 11) is 0. The summed E-state index contributed by atoms with van der Waals surface area (Å²) >= 11 is 3.66. The van der Waals surface area contributed by atoms with Crippen molar-refractivity contribution in [2.45, 2.75) is 12.8 Å². The van der Waals surface area contributed by atoms with Gasteiger partial charge in [0.2, 0.25) is 0 Å². The van der Waals surface area contributed by atoms with Crippen molar-refractivity contribution in [3.63, 3.8) is 0 Å². The maximum absolute atomic E-state index is 4.29. The van der Waals surface area contributed by atoms with Gasteiger partial charge in [-0.1, -0.05) is 12.1 Å². The zero-order valence-corrected chi connectivity index (χ0v) is 11.2. The van der Waals surface area contributed by atoms with Gasteiger partial charge in [0.1, 0.15) is 0 Å². The van der Waals surface area contributed by atoms with Gasteiger partial charge >= 0.3 is 0 Å². The molecule has 1 aliphatic heterocycles. The summed E-state index contributed by atoms with van der Waals surface area (Å²) in [5, 5.41) is 3.30. The van der Waals surface area contributed by atoms with E-state index in [1.54, 1.807) is 0 Å². The second kappa shape index (κ2) is 4.27. The second-order valence-corrected chi connectivity index (χ2v) is 5.24. The Morgan fingerprint density at radius 2 is 2.24 bits per heavy atom. The normalized spacial score (nSPS) is 15.9. The van der Waals surface area contributed by atoms with E-state index in [-0.39, 0.29) is 0 Å². The zero-order chi connectivity index (χ0) is 11.8. The Morgan fingerprint density at radius 1 is 1.41 bits per heavy atom. The van der Waals surface area contributed by atoms with Crippen LogP contribution in [0.1, 0.15) is 17.2 Å². The van der Waals surface area contributed by atoms with E-state index >= 15 is 0 Å². The molecule has 4 heteroatoms. The predicted octanol–water partition coefficient (Wildman–Crippen LogP) is 2.63. The Balaban J connectivity index is 2.09. The lowest BCUT2D eigenvalue weighted by atomic mass is 9.99. The number of hydrogen-bond donors (Lipinski definition) is 1. The SMILES string of the molecule is Cc1cccc(-n2cncc2C2CNC2)c1Br. The van der Waals surface area contributed by atoms with E-state index in [9.17, 15) is 0 Å². The van der Waals surface area contributed by atoms with Crippen LogP contribution in [-0.2, 0) is 0 Å². The lowest BCUT2D eigenvalue weighted by Crippen LogP contribution is -2.40. The number of nitrogens with one attached hydrogen (secondary N) is 1. The van der Waals surface area contributed by atoms with Crippen LogP contribution in [0.15, 0.2) is 35.2 Å². The van der Waals surface area contributed by atoms with Gasteiger partial charge in [-0.2, -0.15) is 0 Å². The summed E-state index contributed by atoms with van der Waals surface area (Å²) in [4.78, 5) is 4.29. The highest BCUT2D eigenvalue weighted by molar-refractivity contribution is 9.10. The maximum atomic E-state index is 4.29. The van der Waals surface area contributed by atoms with Gasteiger partial charge < -0.3 is 9.88 Å². The number of nitrogens with zero attached hydrogens (tertiary/aromatic N) is 2. The van der Waals surface area contributed by atoms with Crippen molar-refractivity contribution in [1.82, 2.24) is 14.9 Å². The minimum Gasteiger partial charge on any atom is -0.315 e. The molecule has 3 nitrogen and oxygen atoms in total. The molecule has 0 spiro atoms. The number of aromatic nitrogens is 2. The van der Waals surface area contributed by atoms with Crippen LogP contribution in [0, 0.1) is 6.92 Å². The molecule has 0 amide bonds. The van der Waals surface area contributed by atoms with Crippen LogP contribution in [-0.4, -0.2) is 22.6 Å². The summed E-state index contributed by atoms with van der Waals surface area (Å²) in [5.74, 6) is 0.588. The van der Waals surface area contributed by atoms with Gasteiger partial charge in [-0.25, -0.2) is 4.98 Å². The maximum Gasteiger partial charge on any atom is 0.0994 e. The fourth-order valence-electron chi connectivity index (χ4n) is 2.12. The molecule has 17 heavy (non-hydrogen) atoms. The van der Waals surface area contributed by atoms with Crippen molar-refractivity contribution in [2.75, 3.05) is 13.1 Å². The molecular weight excluding hydrogens is 278 g/mol. The van der Waals surface area contributed by atoms with Gasteiger partial charge in [-0.15, -0.1) is 0 Å². The molecule has 88 valence electrons. The van der Waals surface area contributed by atoms with Gasteiger partial charge in [0.15, 0.2) is 0 Å². The first-order chi connectivity index (χ1) is 8.27. The highest BCUT2D eigenvalue weighted by Gasteiger charge is 2.23. The van der Waals surface area contributed by atoms with Crippen molar-refractivity contribution >= 4 is 15.9 Å². The van der Waals surface area contributed by atoms with Gasteiger partial charge in [-0.05, 0) is 34.5 Å². The van der Waals surface area contributed by atoms with Crippen LogP contribution < -0.4 is 5.32 Å². The molecule has 1 aliphatic rings. The van der Waals surface area contributed by atoms with Gasteiger partial charge in [0.25, 0.3) is 0 Å². The molecule has 2 aromatic rings. The fraction of sp³-hybridized carbons (Fsp3) is 0.308. The Morgan fingerprint density at radius 3 is 2.94 bits per heavy atom. The summed E-state index contributed by atoms with van der Waals surface area (Å²) in [6.45, 7) is 4.21. The van der Waals surface area contributed by atoms with Crippen molar-refractivity contribution < 1.29 is 0 Å². The lowest BCUT2D eigenvalue weighted by molar-refractivity contribution is 0.435. The van der Waals surface area contributed by atoms with Crippen LogP contribution in [0.2, 0.25) is 0 Å². The molecule has 0 atom stereocenters. The molecule has 3 rings (SSSR count). The Kier molecular flexibility index (Phi) is 2.76. The highest BCUT2D eigenvalue weighted by Crippen LogP contribution is 2.28. The number of hydrogen-bond acceptors (Lipinski definition) is 2. The monoisotopic (exact) mass is 291 g/mol. The Hall–Kier alpha value is -1.13. The molecule has 0 aliphatic carbocycles. The van der Waals surface area contributed by atoms with Crippen molar-refractivity contribution in [3.05, 3.63) is 46.5 Å². The highest BCUT2D eigenvalue weighted by atomic mass is 79.9. The van der Waals surface area contributed by atoms with E-state index in [1.165, 1.54) is 16.9 Å². The number of benzene rings is 1. The molecule has 0 unspecified atom stereocenters. The number of imidazole rings is 1. The van der Waals surface area contributed by atoms with Gasteiger partial charge in [-0.3, -0.25) is 0 Å². The minimum absolute atomic E-state index is 0.588. The molecule has 1 saturated heterocycles. The van der Waals surface area contributed by atoms with Gasteiger partial charge in [0, 0.05) is 35.4 Å². The zero-order valence-electron chi connectivity index (χ0n) is 9.65. The third-order valence-electron chi connectivity index (χ3n) is 3.30. The molecule has 0 radical (unpaired) electrons. The van der Waals surface area contributed by atoms with Crippen LogP contribution in [0.25, 0.3) is 5.69 Å². The first-order valence-corrected chi connectivity index (χ1v) is 6.55. The predicted molar refractivity (Wildman–Crippen MR) is 71.6 cm³/mol. The van der Waals surface area contributed by atoms with Crippen molar-refractivity contribution in [1.29, 1.82) is 0 Å². The standard InChI is InChI=1S/C13H14BrN3/c1-9-3-2-4-11(13(9)14)17-8-16-7-12(17)10-5-15-6-10/h2-4,7-8,10,15H,5-6H2,1H3. The summed E-state index contributed by atoms with van der Waals surface area (Å²) in [5.41, 5.74) is 3.70. The summed E-state index contributed by atoms with van der Waals surface area (Å²) in [6, 6.07) is 6.31. The van der Waals surface area contributed by atoms with E-state index in [4.69, 9.17) is 0 Å². The van der Waals surface area contributed by atoms with E-state index in [0.29, 0.717) is 5.92 Å². The molecule has 1 fully saturated rings. The van der Waals surface area contributed by atoms with Crippen LogP contribution in [0.5, 0.6) is 0 Å². The smallest absolute Gasteiger partial charge is 0.0994 e. The fourth-order valence-corrected chi connectivity index (χ4v) is 2.58. The quantitative estimate of drug-likeness (QED) is 0.922. The van der Waals surface area contributed by atoms with Crippen LogP contribution >= 0.6 is 15.9 Å². The van der Waals surface area contributed by atoms with E-state index in [1.807, 2.05) is 12.5 Å².